The van der Waals surface area contributed by atoms with Gasteiger partial charge in [0.15, 0.2) is 0 Å². The Morgan fingerprint density at radius 2 is 2.17 bits per heavy atom. The minimum Gasteiger partial charge on any atom is -0.481 e. The van der Waals surface area contributed by atoms with Crippen LogP contribution in [0.4, 0.5) is 5.69 Å². The fourth-order valence-corrected chi connectivity index (χ4v) is 1.96. The van der Waals surface area contributed by atoms with Gasteiger partial charge in [-0.1, -0.05) is 31.5 Å². The Bertz CT molecular complexity index is 420. The number of halogens is 1. The highest BCUT2D eigenvalue weighted by atomic mass is 35.5. The third-order valence-corrected chi connectivity index (χ3v) is 3.34. The van der Waals surface area contributed by atoms with Crippen molar-refractivity contribution in [1.82, 2.24) is 0 Å². The Labute approximate surface area is 113 Å². The van der Waals surface area contributed by atoms with Gasteiger partial charge >= 0.3 is 5.97 Å². The van der Waals surface area contributed by atoms with E-state index in [1.165, 1.54) is 0 Å². The van der Waals surface area contributed by atoms with E-state index in [0.29, 0.717) is 6.54 Å². The van der Waals surface area contributed by atoms with Gasteiger partial charge in [-0.3, -0.25) is 4.79 Å². The maximum atomic E-state index is 10.9. The Hall–Kier alpha value is -1.22. The van der Waals surface area contributed by atoms with Crippen LogP contribution >= 0.6 is 11.6 Å². The van der Waals surface area contributed by atoms with Crippen LogP contribution < -0.4 is 4.90 Å². The van der Waals surface area contributed by atoms with Crippen LogP contribution in [-0.2, 0) is 4.79 Å². The molecule has 1 rings (SSSR count). The lowest BCUT2D eigenvalue weighted by atomic mass is 10.1. The number of carboxylic acid groups (broad SMARTS) is 1. The number of carbonyl (C=O) groups is 1. The third kappa shape index (κ3) is 3.91. The van der Waals surface area contributed by atoms with Crippen molar-refractivity contribution in [2.24, 2.45) is 5.92 Å². The van der Waals surface area contributed by atoms with Gasteiger partial charge < -0.3 is 10.0 Å². The Morgan fingerprint density at radius 1 is 1.50 bits per heavy atom. The van der Waals surface area contributed by atoms with E-state index < -0.39 is 11.9 Å². The number of aryl methyl sites for hydroxylation is 1. The second-order valence-corrected chi connectivity index (χ2v) is 5.03. The Morgan fingerprint density at radius 3 is 2.67 bits per heavy atom. The van der Waals surface area contributed by atoms with Crippen LogP contribution in [0.2, 0.25) is 5.02 Å². The molecule has 4 heteroatoms. The van der Waals surface area contributed by atoms with Gasteiger partial charge in [0.25, 0.3) is 0 Å². The van der Waals surface area contributed by atoms with Gasteiger partial charge in [-0.25, -0.2) is 0 Å². The van der Waals surface area contributed by atoms with Crippen molar-refractivity contribution < 1.29 is 9.90 Å². The van der Waals surface area contributed by atoms with Gasteiger partial charge in [-0.2, -0.15) is 0 Å². The van der Waals surface area contributed by atoms with Crippen LogP contribution in [0.3, 0.4) is 0 Å². The number of nitrogens with zero attached hydrogens (tertiary/aromatic N) is 1. The summed E-state index contributed by atoms with van der Waals surface area (Å²) in [6.45, 7) is 7.09. The minimum absolute atomic E-state index is 0.392. The molecule has 1 N–H and O–H groups in total. The molecule has 0 aliphatic heterocycles. The highest BCUT2D eigenvalue weighted by molar-refractivity contribution is 6.31. The molecular weight excluding hydrogens is 250 g/mol. The second-order valence-electron chi connectivity index (χ2n) is 4.62. The first-order valence-corrected chi connectivity index (χ1v) is 6.57. The SMILES string of the molecule is CCCN(CC(C)C(=O)O)c1ccc(C)c(Cl)c1. The number of rotatable bonds is 6. The Balaban J connectivity index is 2.89. The molecule has 0 amide bonds. The monoisotopic (exact) mass is 269 g/mol. The number of hydrogen-bond donors (Lipinski definition) is 1. The highest BCUT2D eigenvalue weighted by Gasteiger charge is 2.16. The lowest BCUT2D eigenvalue weighted by Gasteiger charge is -2.26. The van der Waals surface area contributed by atoms with E-state index in [0.717, 1.165) is 29.2 Å². The third-order valence-electron chi connectivity index (χ3n) is 2.93. The normalized spacial score (nSPS) is 12.2. The molecular formula is C14H20ClNO2. The minimum atomic E-state index is -0.769. The lowest BCUT2D eigenvalue weighted by molar-refractivity contribution is -0.140. The van der Waals surface area contributed by atoms with Crippen LogP contribution in [0.5, 0.6) is 0 Å². The summed E-state index contributed by atoms with van der Waals surface area (Å²) in [6, 6.07) is 5.86. The molecule has 0 aliphatic rings. The maximum Gasteiger partial charge on any atom is 0.308 e. The van der Waals surface area contributed by atoms with Gasteiger partial charge in [-0.05, 0) is 31.0 Å². The van der Waals surface area contributed by atoms with E-state index in [1.54, 1.807) is 6.92 Å². The zero-order valence-electron chi connectivity index (χ0n) is 11.1. The fraction of sp³-hybridized carbons (Fsp3) is 0.500. The summed E-state index contributed by atoms with van der Waals surface area (Å²) in [7, 11) is 0. The van der Waals surface area contributed by atoms with Crippen molar-refractivity contribution in [1.29, 1.82) is 0 Å². The molecule has 1 atom stereocenters. The van der Waals surface area contributed by atoms with Gasteiger partial charge in [0, 0.05) is 23.8 Å². The van der Waals surface area contributed by atoms with Crippen LogP contribution in [0.15, 0.2) is 18.2 Å². The molecule has 0 aliphatic carbocycles. The average molecular weight is 270 g/mol. The van der Waals surface area contributed by atoms with E-state index in [-0.39, 0.29) is 0 Å². The van der Waals surface area contributed by atoms with Gasteiger partial charge in [0.1, 0.15) is 0 Å². The van der Waals surface area contributed by atoms with E-state index in [4.69, 9.17) is 16.7 Å². The summed E-state index contributed by atoms with van der Waals surface area (Å²) in [5, 5.41) is 9.71. The first-order valence-electron chi connectivity index (χ1n) is 6.19. The molecule has 0 aromatic heterocycles. The summed E-state index contributed by atoms with van der Waals surface area (Å²) in [4.78, 5) is 13.0. The van der Waals surface area contributed by atoms with Crippen molar-refractivity contribution in [3.05, 3.63) is 28.8 Å². The molecule has 0 saturated heterocycles. The smallest absolute Gasteiger partial charge is 0.308 e. The van der Waals surface area contributed by atoms with Gasteiger partial charge in [-0.15, -0.1) is 0 Å². The number of anilines is 1. The second kappa shape index (κ2) is 6.64. The quantitative estimate of drug-likeness (QED) is 0.858. The van der Waals surface area contributed by atoms with Crippen molar-refractivity contribution in [3.8, 4) is 0 Å². The average Bonchev–Trinajstić information content (AvgIpc) is 2.32. The standard InChI is InChI=1S/C14H20ClNO2/c1-4-7-16(9-11(3)14(17)18)12-6-5-10(2)13(15)8-12/h5-6,8,11H,4,7,9H2,1-3H3,(H,17,18). The first-order chi connectivity index (χ1) is 8.45. The summed E-state index contributed by atoms with van der Waals surface area (Å²) < 4.78 is 0. The summed E-state index contributed by atoms with van der Waals surface area (Å²) in [6.07, 6.45) is 0.970. The predicted molar refractivity (Wildman–Crippen MR) is 75.5 cm³/mol. The fourth-order valence-electron chi connectivity index (χ4n) is 1.78. The number of carboxylic acids is 1. The molecule has 0 fully saturated rings. The van der Waals surface area contributed by atoms with Crippen LogP contribution in [0, 0.1) is 12.8 Å². The van der Waals surface area contributed by atoms with Crippen molar-refractivity contribution >= 4 is 23.3 Å². The van der Waals surface area contributed by atoms with Crippen molar-refractivity contribution in [2.75, 3.05) is 18.0 Å². The maximum absolute atomic E-state index is 10.9. The number of benzene rings is 1. The van der Waals surface area contributed by atoms with Crippen LogP contribution in [0.1, 0.15) is 25.8 Å². The molecule has 1 aromatic rings. The van der Waals surface area contributed by atoms with Gasteiger partial charge in [0.05, 0.1) is 5.92 Å². The summed E-state index contributed by atoms with van der Waals surface area (Å²) in [5.41, 5.74) is 2.02. The predicted octanol–water partition coefficient (Wildman–Crippen LogP) is 3.59. The van der Waals surface area contributed by atoms with Gasteiger partial charge in [0.2, 0.25) is 0 Å². The lowest BCUT2D eigenvalue weighted by Crippen LogP contribution is -2.32. The zero-order valence-corrected chi connectivity index (χ0v) is 11.9. The molecule has 3 nitrogen and oxygen atoms in total. The van der Waals surface area contributed by atoms with E-state index in [1.807, 2.05) is 25.1 Å². The largest absolute Gasteiger partial charge is 0.481 e. The first kappa shape index (κ1) is 14.8. The van der Waals surface area contributed by atoms with Crippen molar-refractivity contribution in [3.63, 3.8) is 0 Å². The van der Waals surface area contributed by atoms with E-state index in [9.17, 15) is 4.79 Å². The summed E-state index contributed by atoms with van der Waals surface area (Å²) in [5.74, 6) is -1.16. The topological polar surface area (TPSA) is 40.5 Å². The van der Waals surface area contributed by atoms with Crippen LogP contribution in [-0.4, -0.2) is 24.2 Å². The number of aliphatic carboxylic acids is 1. The molecule has 0 bridgehead atoms. The van der Waals surface area contributed by atoms with Crippen molar-refractivity contribution in [2.45, 2.75) is 27.2 Å². The zero-order chi connectivity index (χ0) is 13.7. The Kier molecular flexibility index (Phi) is 5.48. The molecule has 100 valence electrons. The molecule has 0 radical (unpaired) electrons. The molecule has 1 unspecified atom stereocenters. The van der Waals surface area contributed by atoms with E-state index in [2.05, 4.69) is 11.8 Å². The molecule has 0 heterocycles. The molecule has 1 aromatic carbocycles. The highest BCUT2D eigenvalue weighted by Crippen LogP contribution is 2.24. The number of hydrogen-bond acceptors (Lipinski definition) is 2. The van der Waals surface area contributed by atoms with E-state index >= 15 is 0 Å². The molecule has 0 saturated carbocycles. The van der Waals surface area contributed by atoms with Crippen LogP contribution in [0.25, 0.3) is 0 Å². The molecule has 18 heavy (non-hydrogen) atoms. The molecule has 0 spiro atoms. The summed E-state index contributed by atoms with van der Waals surface area (Å²) >= 11 is 6.11.